The number of aryl methyl sites for hydroxylation is 2. The largest absolute Gasteiger partial charge is 0.483 e. The lowest BCUT2D eigenvalue weighted by Crippen LogP contribution is -2.61. The van der Waals surface area contributed by atoms with Crippen molar-refractivity contribution in [1.29, 1.82) is 0 Å². The zero-order chi connectivity index (χ0) is 25.0. The van der Waals surface area contributed by atoms with Crippen LogP contribution in [0, 0.1) is 12.8 Å². The van der Waals surface area contributed by atoms with E-state index >= 15 is 0 Å². The molecule has 2 aromatic rings. The van der Waals surface area contributed by atoms with Gasteiger partial charge in [-0.3, -0.25) is 4.79 Å². The topological polar surface area (TPSA) is 80.0 Å². The van der Waals surface area contributed by atoms with Crippen LogP contribution >= 0.6 is 0 Å². The molecule has 0 radical (unpaired) electrons. The maximum Gasteiger partial charge on any atom is 0.336 e. The molecule has 1 N–H and O–H groups in total. The molecule has 1 saturated carbocycles. The highest BCUT2D eigenvalue weighted by atomic mass is 16.5. The van der Waals surface area contributed by atoms with E-state index in [2.05, 4.69) is 13.8 Å². The van der Waals surface area contributed by atoms with Gasteiger partial charge in [0.05, 0.1) is 5.60 Å². The number of rotatable bonds is 9. The standard InChI is InChI=1S/C29H41NO5/c1-4-6-10-21-18-27(32)35-28-20(3)25(14-13-22(21)28)34-19-26(31)30-17-16-29(33)15-9-8-11-23(29)24(30)12-7-5-2/h13-14,18,23-24,33H,4-12,15-17,19H2,1-3H3/t23-,24-,29-/m0/s1. The Bertz CT molecular complexity index is 1090. The number of carbonyl (C=O) groups excluding carboxylic acids is 1. The minimum Gasteiger partial charge on any atom is -0.483 e. The van der Waals surface area contributed by atoms with Crippen LogP contribution in [-0.4, -0.2) is 40.7 Å². The van der Waals surface area contributed by atoms with E-state index in [1.807, 2.05) is 24.0 Å². The number of hydrogen-bond donors (Lipinski definition) is 1. The Labute approximate surface area is 208 Å². The lowest BCUT2D eigenvalue weighted by molar-refractivity contribution is -0.157. The van der Waals surface area contributed by atoms with Crippen LogP contribution in [0.4, 0.5) is 0 Å². The monoisotopic (exact) mass is 483 g/mol. The van der Waals surface area contributed by atoms with Crippen molar-refractivity contribution in [2.45, 2.75) is 103 Å². The summed E-state index contributed by atoms with van der Waals surface area (Å²) < 4.78 is 11.6. The SMILES string of the molecule is CCCCc1cc(=O)oc2c(C)c(OCC(=O)N3CC[C@@]4(O)CCCC[C@H]4[C@@H]3CCCC)ccc12. The maximum atomic E-state index is 13.4. The van der Waals surface area contributed by atoms with Gasteiger partial charge in [0, 0.05) is 35.5 Å². The molecular formula is C29H41NO5. The van der Waals surface area contributed by atoms with E-state index in [4.69, 9.17) is 9.15 Å². The number of nitrogens with zero attached hydrogens (tertiary/aromatic N) is 1. The molecule has 192 valence electrons. The van der Waals surface area contributed by atoms with Crippen LogP contribution in [0.1, 0.15) is 89.2 Å². The molecule has 2 heterocycles. The molecular weight excluding hydrogens is 442 g/mol. The Morgan fingerprint density at radius 1 is 1.20 bits per heavy atom. The summed E-state index contributed by atoms with van der Waals surface area (Å²) in [5, 5.41) is 12.2. The normalized spacial score (nSPS) is 24.4. The van der Waals surface area contributed by atoms with Crippen LogP contribution in [0.3, 0.4) is 0 Å². The molecule has 0 unspecified atom stereocenters. The average molecular weight is 484 g/mol. The molecule has 6 heteroatoms. The van der Waals surface area contributed by atoms with Gasteiger partial charge in [-0.1, -0.05) is 46.0 Å². The fourth-order valence-corrected chi connectivity index (χ4v) is 6.25. The highest BCUT2D eigenvalue weighted by Gasteiger charge is 2.49. The van der Waals surface area contributed by atoms with Crippen molar-refractivity contribution < 1.29 is 19.1 Å². The first kappa shape index (κ1) is 25.7. The molecule has 1 aromatic heterocycles. The van der Waals surface area contributed by atoms with Crippen LogP contribution in [0.15, 0.2) is 27.4 Å². The van der Waals surface area contributed by atoms with Gasteiger partial charge in [0.2, 0.25) is 0 Å². The second-order valence-corrected chi connectivity index (χ2v) is 10.6. The van der Waals surface area contributed by atoms with Crippen molar-refractivity contribution in [3.05, 3.63) is 39.7 Å². The molecule has 4 rings (SSSR count). The van der Waals surface area contributed by atoms with E-state index in [0.29, 0.717) is 24.3 Å². The fraction of sp³-hybridized carbons (Fsp3) is 0.655. The number of likely N-dealkylation sites (tertiary alicyclic amines) is 1. The zero-order valence-electron chi connectivity index (χ0n) is 21.6. The van der Waals surface area contributed by atoms with Gasteiger partial charge in [0.15, 0.2) is 6.61 Å². The Morgan fingerprint density at radius 3 is 2.77 bits per heavy atom. The number of unbranched alkanes of at least 4 members (excludes halogenated alkanes) is 2. The van der Waals surface area contributed by atoms with Gasteiger partial charge in [-0.25, -0.2) is 4.79 Å². The molecule has 1 amide bonds. The van der Waals surface area contributed by atoms with E-state index in [0.717, 1.165) is 80.7 Å². The molecule has 6 nitrogen and oxygen atoms in total. The number of ether oxygens (including phenoxy) is 1. The molecule has 3 atom stereocenters. The smallest absolute Gasteiger partial charge is 0.336 e. The quantitative estimate of drug-likeness (QED) is 0.474. The summed E-state index contributed by atoms with van der Waals surface area (Å²) in [6.07, 6.45) is 10.6. The lowest BCUT2D eigenvalue weighted by atomic mass is 9.66. The Morgan fingerprint density at radius 2 is 2.00 bits per heavy atom. The highest BCUT2D eigenvalue weighted by Crippen LogP contribution is 2.44. The Kier molecular flexibility index (Phi) is 8.20. The number of amides is 1. The van der Waals surface area contributed by atoms with Gasteiger partial charge in [-0.2, -0.15) is 0 Å². The fourth-order valence-electron chi connectivity index (χ4n) is 6.25. The number of benzene rings is 1. The Hall–Kier alpha value is -2.34. The molecule has 0 bridgehead atoms. The van der Waals surface area contributed by atoms with Crippen LogP contribution in [0.5, 0.6) is 5.75 Å². The van der Waals surface area contributed by atoms with Crippen LogP contribution in [-0.2, 0) is 11.2 Å². The highest BCUT2D eigenvalue weighted by molar-refractivity contribution is 5.85. The summed E-state index contributed by atoms with van der Waals surface area (Å²) in [5.41, 5.74) is 1.30. The molecule has 2 fully saturated rings. The van der Waals surface area contributed by atoms with E-state index < -0.39 is 5.60 Å². The van der Waals surface area contributed by atoms with Gasteiger partial charge in [0.25, 0.3) is 5.91 Å². The summed E-state index contributed by atoms with van der Waals surface area (Å²) in [6.45, 7) is 6.70. The minimum atomic E-state index is -0.629. The van der Waals surface area contributed by atoms with Crippen molar-refractivity contribution in [2.75, 3.05) is 13.2 Å². The zero-order valence-corrected chi connectivity index (χ0v) is 21.6. The number of hydrogen-bond acceptors (Lipinski definition) is 5. The van der Waals surface area contributed by atoms with E-state index in [1.165, 1.54) is 0 Å². The number of piperidine rings is 1. The van der Waals surface area contributed by atoms with Crippen molar-refractivity contribution >= 4 is 16.9 Å². The van der Waals surface area contributed by atoms with E-state index in [9.17, 15) is 14.7 Å². The summed E-state index contributed by atoms with van der Waals surface area (Å²) in [4.78, 5) is 27.5. The predicted molar refractivity (Wildman–Crippen MR) is 138 cm³/mol. The summed E-state index contributed by atoms with van der Waals surface area (Å²) in [5.74, 6) is 0.688. The molecule has 1 aromatic carbocycles. The third-order valence-electron chi connectivity index (χ3n) is 8.24. The van der Waals surface area contributed by atoms with E-state index in [1.54, 1.807) is 6.07 Å². The third kappa shape index (κ3) is 5.42. The van der Waals surface area contributed by atoms with Gasteiger partial charge < -0.3 is 19.2 Å². The lowest BCUT2D eigenvalue weighted by Gasteiger charge is -2.52. The maximum absolute atomic E-state index is 13.4. The van der Waals surface area contributed by atoms with E-state index in [-0.39, 0.29) is 30.1 Å². The summed E-state index contributed by atoms with van der Waals surface area (Å²) in [7, 11) is 0. The predicted octanol–water partition coefficient (Wildman–Crippen LogP) is 5.54. The molecule has 1 aliphatic carbocycles. The first-order valence-electron chi connectivity index (χ1n) is 13.6. The van der Waals surface area contributed by atoms with Crippen molar-refractivity contribution in [3.8, 4) is 5.75 Å². The number of aliphatic hydroxyl groups is 1. The van der Waals surface area contributed by atoms with Crippen molar-refractivity contribution in [1.82, 2.24) is 4.90 Å². The van der Waals surface area contributed by atoms with Crippen LogP contribution in [0.2, 0.25) is 0 Å². The number of fused-ring (bicyclic) bond motifs is 2. The van der Waals surface area contributed by atoms with Gasteiger partial charge in [0.1, 0.15) is 11.3 Å². The average Bonchev–Trinajstić information content (AvgIpc) is 2.85. The molecule has 1 aliphatic heterocycles. The third-order valence-corrected chi connectivity index (χ3v) is 8.24. The second kappa shape index (κ2) is 11.2. The van der Waals surface area contributed by atoms with Gasteiger partial charge >= 0.3 is 5.63 Å². The minimum absolute atomic E-state index is 0.0311. The second-order valence-electron chi connectivity index (χ2n) is 10.6. The van der Waals surface area contributed by atoms with Crippen molar-refractivity contribution in [3.63, 3.8) is 0 Å². The van der Waals surface area contributed by atoms with Gasteiger partial charge in [-0.15, -0.1) is 0 Å². The summed E-state index contributed by atoms with van der Waals surface area (Å²) >= 11 is 0. The number of carbonyl (C=O) groups is 1. The van der Waals surface area contributed by atoms with Crippen LogP contribution in [0.25, 0.3) is 11.0 Å². The Balaban J connectivity index is 1.51. The summed E-state index contributed by atoms with van der Waals surface area (Å²) in [6, 6.07) is 5.47. The first-order valence-corrected chi connectivity index (χ1v) is 13.6. The van der Waals surface area contributed by atoms with Gasteiger partial charge in [-0.05, 0) is 63.1 Å². The molecule has 35 heavy (non-hydrogen) atoms. The molecule has 1 saturated heterocycles. The molecule has 2 aliphatic rings. The first-order chi connectivity index (χ1) is 16.9. The van der Waals surface area contributed by atoms with Crippen LogP contribution < -0.4 is 10.4 Å². The van der Waals surface area contributed by atoms with Crippen molar-refractivity contribution in [2.24, 2.45) is 5.92 Å². The molecule has 0 spiro atoms.